The van der Waals surface area contributed by atoms with E-state index in [1.165, 1.54) is 16.6 Å². The Morgan fingerprint density at radius 1 is 0.611 bits per heavy atom. The molecule has 0 radical (unpaired) electrons. The molecule has 0 saturated heterocycles. The maximum Gasteiger partial charge on any atom is 0.221 e. The third kappa shape index (κ3) is 4.65. The summed E-state index contributed by atoms with van der Waals surface area (Å²) >= 11 is 0. The Labute approximate surface area is 212 Å². The second-order valence-electron chi connectivity index (χ2n) is 9.08. The van der Waals surface area contributed by atoms with Crippen LogP contribution in [0.1, 0.15) is 13.8 Å². The lowest BCUT2D eigenvalue weighted by atomic mass is 10.1. The average Bonchev–Trinajstić information content (AvgIpc) is 2.92. The molecular weight excluding hydrogens is 442 g/mol. The molecule has 0 aliphatic carbocycles. The fourth-order valence-corrected chi connectivity index (χ4v) is 4.63. The van der Waals surface area contributed by atoms with Gasteiger partial charge in [-0.2, -0.15) is 14.8 Å². The largest absolute Gasteiger partial charge is 0.378 e. The van der Waals surface area contributed by atoms with E-state index in [2.05, 4.69) is 117 Å². The normalized spacial score (nSPS) is 11.4. The van der Waals surface area contributed by atoms with Crippen molar-refractivity contribution in [2.45, 2.75) is 13.8 Å². The number of azo groups is 1. The Morgan fingerprint density at radius 3 is 1.86 bits per heavy atom. The standard InChI is InChI=1S/C31H32N5/c1-5-35(6-2)29-17-13-24-20-23-12-14-26(33-32-25-15-18-27(19-16-25)34(3)4)21-30(23)36(31(24)22-29)28-10-8-7-9-11-28/h7-22H,5-6H2,1-4H3/q+1. The molecule has 5 rings (SSSR count). The first-order valence-electron chi connectivity index (χ1n) is 12.5. The van der Waals surface area contributed by atoms with E-state index in [9.17, 15) is 0 Å². The number of benzene rings is 4. The third-order valence-corrected chi connectivity index (χ3v) is 6.61. The van der Waals surface area contributed by atoms with Crippen LogP contribution in [0.4, 0.5) is 22.7 Å². The van der Waals surface area contributed by atoms with Gasteiger partial charge in [0, 0.05) is 73.6 Å². The number of nitrogens with zero attached hydrogens (tertiary/aromatic N) is 5. The van der Waals surface area contributed by atoms with Crippen molar-refractivity contribution in [3.63, 3.8) is 0 Å². The van der Waals surface area contributed by atoms with Crippen molar-refractivity contribution in [2.24, 2.45) is 10.2 Å². The monoisotopic (exact) mass is 474 g/mol. The number of rotatable bonds is 7. The number of pyridine rings is 1. The summed E-state index contributed by atoms with van der Waals surface area (Å²) in [6.07, 6.45) is 0. The van der Waals surface area contributed by atoms with Crippen LogP contribution < -0.4 is 14.4 Å². The number of anilines is 2. The Hall–Kier alpha value is -4.25. The lowest BCUT2D eigenvalue weighted by Crippen LogP contribution is -2.33. The van der Waals surface area contributed by atoms with E-state index in [1.54, 1.807) is 0 Å². The van der Waals surface area contributed by atoms with Crippen molar-refractivity contribution in [3.05, 3.63) is 97.1 Å². The van der Waals surface area contributed by atoms with E-state index < -0.39 is 0 Å². The molecule has 0 saturated carbocycles. The second-order valence-corrected chi connectivity index (χ2v) is 9.08. The van der Waals surface area contributed by atoms with E-state index in [0.717, 1.165) is 46.7 Å². The van der Waals surface area contributed by atoms with Crippen molar-refractivity contribution in [1.29, 1.82) is 0 Å². The van der Waals surface area contributed by atoms with Crippen LogP contribution in [0.5, 0.6) is 0 Å². The van der Waals surface area contributed by atoms with Gasteiger partial charge in [0.2, 0.25) is 16.7 Å². The molecule has 0 atom stereocenters. The van der Waals surface area contributed by atoms with Gasteiger partial charge in [0.25, 0.3) is 0 Å². The fourth-order valence-electron chi connectivity index (χ4n) is 4.63. The summed E-state index contributed by atoms with van der Waals surface area (Å²) in [6, 6.07) is 33.9. The minimum absolute atomic E-state index is 0.822. The summed E-state index contributed by atoms with van der Waals surface area (Å²) in [6.45, 7) is 6.34. The molecule has 36 heavy (non-hydrogen) atoms. The van der Waals surface area contributed by atoms with Gasteiger partial charge in [0.05, 0.1) is 11.4 Å². The Balaban J connectivity index is 1.66. The molecule has 1 heterocycles. The maximum absolute atomic E-state index is 4.58. The first-order valence-corrected chi connectivity index (χ1v) is 12.5. The van der Waals surface area contributed by atoms with Crippen LogP contribution in [-0.2, 0) is 0 Å². The predicted molar refractivity (Wildman–Crippen MR) is 151 cm³/mol. The number of aromatic nitrogens is 1. The summed E-state index contributed by atoms with van der Waals surface area (Å²) in [4.78, 5) is 4.45. The van der Waals surface area contributed by atoms with Crippen molar-refractivity contribution < 1.29 is 4.57 Å². The molecule has 0 spiro atoms. The van der Waals surface area contributed by atoms with Crippen LogP contribution in [0.2, 0.25) is 0 Å². The molecule has 0 unspecified atom stereocenters. The number of para-hydroxylation sites is 1. The van der Waals surface area contributed by atoms with E-state index in [0.29, 0.717) is 0 Å². The third-order valence-electron chi connectivity index (χ3n) is 6.61. The zero-order valence-corrected chi connectivity index (χ0v) is 21.4. The smallest absolute Gasteiger partial charge is 0.221 e. The van der Waals surface area contributed by atoms with Gasteiger partial charge in [-0.1, -0.05) is 18.2 Å². The van der Waals surface area contributed by atoms with Crippen molar-refractivity contribution >= 4 is 44.6 Å². The van der Waals surface area contributed by atoms with E-state index in [1.807, 2.05) is 32.3 Å². The molecule has 5 nitrogen and oxygen atoms in total. The fraction of sp³-hybridized carbons (Fsp3) is 0.194. The van der Waals surface area contributed by atoms with Crippen LogP contribution >= 0.6 is 0 Å². The maximum atomic E-state index is 4.58. The van der Waals surface area contributed by atoms with Crippen molar-refractivity contribution in [2.75, 3.05) is 37.0 Å². The first kappa shape index (κ1) is 23.5. The zero-order valence-electron chi connectivity index (χ0n) is 21.4. The summed E-state index contributed by atoms with van der Waals surface area (Å²) in [5.41, 5.74) is 7.42. The predicted octanol–water partition coefficient (Wildman–Crippen LogP) is 7.60. The van der Waals surface area contributed by atoms with Gasteiger partial charge in [-0.25, -0.2) is 0 Å². The van der Waals surface area contributed by atoms with Crippen LogP contribution in [-0.4, -0.2) is 27.2 Å². The lowest BCUT2D eigenvalue weighted by Gasteiger charge is -2.21. The highest BCUT2D eigenvalue weighted by atomic mass is 15.1. The van der Waals surface area contributed by atoms with Gasteiger partial charge in [-0.05, 0) is 68.4 Å². The Kier molecular flexibility index (Phi) is 6.63. The van der Waals surface area contributed by atoms with Gasteiger partial charge >= 0.3 is 0 Å². The Bertz CT molecular complexity index is 1520. The molecule has 0 aliphatic rings. The van der Waals surface area contributed by atoms with Gasteiger partial charge < -0.3 is 9.80 Å². The zero-order chi connectivity index (χ0) is 25.1. The molecule has 0 bridgehead atoms. The topological polar surface area (TPSA) is 35.1 Å². The van der Waals surface area contributed by atoms with Crippen LogP contribution in [0.15, 0.2) is 107 Å². The highest BCUT2D eigenvalue weighted by Gasteiger charge is 2.20. The average molecular weight is 475 g/mol. The molecule has 1 aromatic heterocycles. The SMILES string of the molecule is CCN(CC)c1ccc2cc3ccc(N=Nc4ccc(N(C)C)cc4)cc3[n+](-c3ccccc3)c2c1. The first-order chi connectivity index (χ1) is 17.6. The number of hydrogen-bond acceptors (Lipinski definition) is 4. The van der Waals surface area contributed by atoms with Crippen LogP contribution in [0.25, 0.3) is 27.5 Å². The van der Waals surface area contributed by atoms with Crippen LogP contribution in [0.3, 0.4) is 0 Å². The molecule has 5 aromatic rings. The molecule has 5 heteroatoms. The second kappa shape index (κ2) is 10.2. The minimum atomic E-state index is 0.822. The number of hydrogen-bond donors (Lipinski definition) is 0. The van der Waals surface area contributed by atoms with Crippen molar-refractivity contribution in [1.82, 2.24) is 0 Å². The Morgan fingerprint density at radius 2 is 1.19 bits per heavy atom. The summed E-state index contributed by atoms with van der Waals surface area (Å²) in [5, 5.41) is 11.4. The van der Waals surface area contributed by atoms with Gasteiger partial charge in [-0.3, -0.25) is 0 Å². The quantitative estimate of drug-likeness (QED) is 0.138. The lowest BCUT2D eigenvalue weighted by molar-refractivity contribution is -0.537. The van der Waals surface area contributed by atoms with Gasteiger partial charge in [0.15, 0.2) is 0 Å². The van der Waals surface area contributed by atoms with Crippen LogP contribution in [0, 0.1) is 0 Å². The summed E-state index contributed by atoms with van der Waals surface area (Å²) in [5.74, 6) is 0. The highest BCUT2D eigenvalue weighted by molar-refractivity contribution is 5.91. The minimum Gasteiger partial charge on any atom is -0.378 e. The number of fused-ring (bicyclic) bond motifs is 2. The molecule has 0 N–H and O–H groups in total. The van der Waals surface area contributed by atoms with Gasteiger partial charge in [-0.15, -0.1) is 0 Å². The highest BCUT2D eigenvalue weighted by Crippen LogP contribution is 2.28. The molecule has 0 fully saturated rings. The molecule has 0 amide bonds. The van der Waals surface area contributed by atoms with E-state index in [-0.39, 0.29) is 0 Å². The van der Waals surface area contributed by atoms with E-state index >= 15 is 0 Å². The molecular formula is C31H32N5+. The van der Waals surface area contributed by atoms with Gasteiger partial charge in [0.1, 0.15) is 0 Å². The summed E-state index contributed by atoms with van der Waals surface area (Å²) < 4.78 is 2.34. The molecule has 0 aliphatic heterocycles. The van der Waals surface area contributed by atoms with Crippen molar-refractivity contribution in [3.8, 4) is 5.69 Å². The molecule has 180 valence electrons. The molecule has 4 aromatic carbocycles. The van der Waals surface area contributed by atoms with E-state index in [4.69, 9.17) is 0 Å². The summed E-state index contributed by atoms with van der Waals surface area (Å²) in [7, 11) is 4.06.